The molecule has 1 N–H and O–H groups in total. The summed E-state index contributed by atoms with van der Waals surface area (Å²) < 4.78 is 27.1. The molecule has 0 spiro atoms. The molecular formula is C21H22N4O2S2. The molecule has 29 heavy (non-hydrogen) atoms. The Morgan fingerprint density at radius 3 is 2.66 bits per heavy atom. The van der Waals surface area contributed by atoms with Gasteiger partial charge >= 0.3 is 0 Å². The number of nitrogens with one attached hydrogen (secondary N) is 1. The monoisotopic (exact) mass is 426 g/mol. The van der Waals surface area contributed by atoms with Crippen LogP contribution in [0.3, 0.4) is 0 Å². The fraction of sp³-hybridized carbons (Fsp3) is 0.238. The molecule has 0 unspecified atom stereocenters. The molecular weight excluding hydrogens is 404 g/mol. The van der Waals surface area contributed by atoms with E-state index < -0.39 is 10.0 Å². The van der Waals surface area contributed by atoms with Crippen LogP contribution in [-0.2, 0) is 10.0 Å². The molecule has 1 aliphatic rings. The van der Waals surface area contributed by atoms with Crippen molar-refractivity contribution < 1.29 is 8.42 Å². The van der Waals surface area contributed by atoms with Gasteiger partial charge in [-0.3, -0.25) is 5.43 Å². The highest BCUT2D eigenvalue weighted by atomic mass is 32.2. The average molecular weight is 427 g/mol. The third kappa shape index (κ3) is 4.55. The van der Waals surface area contributed by atoms with E-state index in [9.17, 15) is 8.42 Å². The highest BCUT2D eigenvalue weighted by Crippen LogP contribution is 2.28. The number of anilines is 1. The van der Waals surface area contributed by atoms with Gasteiger partial charge in [-0.15, -0.1) is 11.3 Å². The maximum Gasteiger partial charge on any atom is 0.243 e. The molecule has 0 aliphatic carbocycles. The molecule has 1 saturated heterocycles. The van der Waals surface area contributed by atoms with Gasteiger partial charge in [-0.05, 0) is 37.5 Å². The smallest absolute Gasteiger partial charge is 0.243 e. The Labute approximate surface area is 175 Å². The molecule has 150 valence electrons. The van der Waals surface area contributed by atoms with Crippen LogP contribution in [0, 0.1) is 6.92 Å². The quantitative estimate of drug-likeness (QED) is 0.470. The maximum absolute atomic E-state index is 12.8. The molecule has 8 heteroatoms. The third-order valence-electron chi connectivity index (χ3n) is 4.79. The van der Waals surface area contributed by atoms with Crippen molar-refractivity contribution in [2.45, 2.75) is 24.7 Å². The van der Waals surface area contributed by atoms with Crippen LogP contribution in [0.15, 0.2) is 63.9 Å². The highest BCUT2D eigenvalue weighted by molar-refractivity contribution is 7.89. The van der Waals surface area contributed by atoms with Gasteiger partial charge in [-0.2, -0.15) is 9.41 Å². The van der Waals surface area contributed by atoms with E-state index >= 15 is 0 Å². The van der Waals surface area contributed by atoms with Crippen LogP contribution in [0.1, 0.15) is 24.0 Å². The van der Waals surface area contributed by atoms with Crippen LogP contribution in [0.2, 0.25) is 0 Å². The Morgan fingerprint density at radius 2 is 1.90 bits per heavy atom. The zero-order valence-electron chi connectivity index (χ0n) is 16.1. The summed E-state index contributed by atoms with van der Waals surface area (Å²) in [4.78, 5) is 4.85. The summed E-state index contributed by atoms with van der Waals surface area (Å²) in [6.07, 6.45) is 3.58. The van der Waals surface area contributed by atoms with Crippen molar-refractivity contribution >= 4 is 32.7 Å². The number of hydrogen-bond donors (Lipinski definition) is 1. The predicted octanol–water partition coefficient (Wildman–Crippen LogP) is 4.35. The maximum atomic E-state index is 12.8. The van der Waals surface area contributed by atoms with Crippen LogP contribution < -0.4 is 5.43 Å². The number of aryl methyl sites for hydroxylation is 1. The van der Waals surface area contributed by atoms with Crippen molar-refractivity contribution in [3.05, 3.63) is 65.0 Å². The normalized spacial score (nSPS) is 15.2. The largest absolute Gasteiger partial charge is 0.253 e. The minimum Gasteiger partial charge on any atom is -0.253 e. The molecule has 2 aromatic carbocycles. The van der Waals surface area contributed by atoms with Gasteiger partial charge in [0.25, 0.3) is 0 Å². The van der Waals surface area contributed by atoms with Gasteiger partial charge in [-0.25, -0.2) is 13.4 Å². The summed E-state index contributed by atoms with van der Waals surface area (Å²) in [6.45, 7) is 3.23. The molecule has 1 fully saturated rings. The van der Waals surface area contributed by atoms with Gasteiger partial charge < -0.3 is 0 Å². The van der Waals surface area contributed by atoms with E-state index in [0.717, 1.165) is 29.7 Å². The second-order valence-corrected chi connectivity index (χ2v) is 9.75. The van der Waals surface area contributed by atoms with E-state index in [0.29, 0.717) is 23.1 Å². The van der Waals surface area contributed by atoms with Crippen LogP contribution >= 0.6 is 11.3 Å². The van der Waals surface area contributed by atoms with Gasteiger partial charge in [0.05, 0.1) is 16.8 Å². The van der Waals surface area contributed by atoms with Crippen molar-refractivity contribution in [2.75, 3.05) is 18.5 Å². The lowest BCUT2D eigenvalue weighted by molar-refractivity contribution is 0.477. The number of hydrogen-bond acceptors (Lipinski definition) is 6. The molecule has 4 rings (SSSR count). The van der Waals surface area contributed by atoms with Gasteiger partial charge in [0.15, 0.2) is 0 Å². The Kier molecular flexibility index (Phi) is 5.75. The molecule has 6 nitrogen and oxygen atoms in total. The third-order valence-corrected chi connectivity index (χ3v) is 7.43. The van der Waals surface area contributed by atoms with Crippen molar-refractivity contribution in [1.82, 2.24) is 9.29 Å². The average Bonchev–Trinajstić information content (AvgIpc) is 3.42. The number of nitrogens with zero attached hydrogens (tertiary/aromatic N) is 3. The summed E-state index contributed by atoms with van der Waals surface area (Å²) in [5.74, 6) is 0. The summed E-state index contributed by atoms with van der Waals surface area (Å²) in [6, 6.07) is 15.0. The molecule has 1 aromatic heterocycles. The topological polar surface area (TPSA) is 74.7 Å². The van der Waals surface area contributed by atoms with E-state index in [1.807, 2.05) is 42.6 Å². The van der Waals surface area contributed by atoms with Crippen molar-refractivity contribution in [3.63, 3.8) is 0 Å². The molecule has 0 atom stereocenters. The van der Waals surface area contributed by atoms with E-state index in [-0.39, 0.29) is 0 Å². The molecule has 0 bridgehead atoms. The van der Waals surface area contributed by atoms with E-state index in [4.69, 9.17) is 0 Å². The minimum absolute atomic E-state index is 0.316. The van der Waals surface area contributed by atoms with Gasteiger partial charge in [0, 0.05) is 24.0 Å². The SMILES string of the molecule is Cc1ccc(C=NNc2nc(-c3cccc(S(=O)(=O)N4CCCC4)c3)cs2)cc1. The Bertz CT molecular complexity index is 1120. The first-order chi connectivity index (χ1) is 14.0. The van der Waals surface area contributed by atoms with E-state index in [2.05, 4.69) is 15.5 Å². The lowest BCUT2D eigenvalue weighted by Crippen LogP contribution is -2.27. The number of thiazole rings is 1. The van der Waals surface area contributed by atoms with Crippen molar-refractivity contribution in [3.8, 4) is 11.3 Å². The number of hydrazone groups is 1. The molecule has 1 aliphatic heterocycles. The van der Waals surface area contributed by atoms with Gasteiger partial charge in [0.1, 0.15) is 0 Å². The molecule has 2 heterocycles. The number of sulfonamides is 1. The Morgan fingerprint density at radius 1 is 1.14 bits per heavy atom. The zero-order valence-corrected chi connectivity index (χ0v) is 17.7. The lowest BCUT2D eigenvalue weighted by Gasteiger charge is -2.15. The first-order valence-electron chi connectivity index (χ1n) is 9.44. The van der Waals surface area contributed by atoms with E-state index in [1.165, 1.54) is 16.9 Å². The first-order valence-corrected chi connectivity index (χ1v) is 11.8. The minimum atomic E-state index is -3.44. The summed E-state index contributed by atoms with van der Waals surface area (Å²) >= 11 is 1.42. The first kappa shape index (κ1) is 19.8. The number of aromatic nitrogens is 1. The summed E-state index contributed by atoms with van der Waals surface area (Å²) in [5, 5.41) is 6.77. The van der Waals surface area contributed by atoms with Gasteiger partial charge in [0.2, 0.25) is 15.2 Å². The van der Waals surface area contributed by atoms with Crippen LogP contribution in [0.4, 0.5) is 5.13 Å². The predicted molar refractivity (Wildman–Crippen MR) is 118 cm³/mol. The Balaban J connectivity index is 1.48. The second kappa shape index (κ2) is 8.44. The number of benzene rings is 2. The number of rotatable bonds is 6. The fourth-order valence-electron chi connectivity index (χ4n) is 3.17. The fourth-order valence-corrected chi connectivity index (χ4v) is 5.40. The van der Waals surface area contributed by atoms with Crippen LogP contribution in [0.5, 0.6) is 0 Å². The molecule has 3 aromatic rings. The Hall–Kier alpha value is -2.55. The molecule has 0 radical (unpaired) electrons. The zero-order chi connectivity index (χ0) is 20.3. The summed E-state index contributed by atoms with van der Waals surface area (Å²) in [5.41, 5.74) is 6.64. The standard InChI is InChI=1S/C21H22N4O2S2/c1-16-7-9-17(10-8-16)14-22-24-21-23-20(15-28-21)18-5-4-6-19(13-18)29(26,27)25-11-2-3-12-25/h4-10,13-15H,2-3,11-12H2,1H3,(H,23,24). The van der Waals surface area contributed by atoms with E-state index in [1.54, 1.807) is 28.7 Å². The van der Waals surface area contributed by atoms with Crippen molar-refractivity contribution in [1.29, 1.82) is 0 Å². The molecule has 0 amide bonds. The van der Waals surface area contributed by atoms with Crippen LogP contribution in [0.25, 0.3) is 11.3 Å². The molecule has 0 saturated carbocycles. The van der Waals surface area contributed by atoms with Gasteiger partial charge in [-0.1, -0.05) is 42.0 Å². The van der Waals surface area contributed by atoms with Crippen molar-refractivity contribution in [2.24, 2.45) is 5.10 Å². The summed E-state index contributed by atoms with van der Waals surface area (Å²) in [7, 11) is -3.44. The second-order valence-electron chi connectivity index (χ2n) is 6.96. The highest BCUT2D eigenvalue weighted by Gasteiger charge is 2.27. The van der Waals surface area contributed by atoms with Crippen LogP contribution in [-0.4, -0.2) is 37.0 Å². The lowest BCUT2D eigenvalue weighted by atomic mass is 10.2.